The Morgan fingerprint density at radius 3 is 2.65 bits per heavy atom. The van der Waals surface area contributed by atoms with Crippen molar-refractivity contribution in [2.75, 3.05) is 7.11 Å². The van der Waals surface area contributed by atoms with E-state index in [1.54, 1.807) is 37.6 Å². The van der Waals surface area contributed by atoms with Crippen LogP contribution in [0.15, 0.2) is 48.8 Å². The first-order valence-electron chi connectivity index (χ1n) is 10.9. The summed E-state index contributed by atoms with van der Waals surface area (Å²) >= 11 is 0. The van der Waals surface area contributed by atoms with Crippen LogP contribution in [-0.4, -0.2) is 29.0 Å². The van der Waals surface area contributed by atoms with Gasteiger partial charge >= 0.3 is 0 Å². The number of methoxy groups -OCH3 is 1. The second-order valence-corrected chi connectivity index (χ2v) is 8.25. The third-order valence-corrected chi connectivity index (χ3v) is 6.48. The number of pyridine rings is 2. The Bertz CT molecular complexity index is 1050. The van der Waals surface area contributed by atoms with Crippen LogP contribution in [0.5, 0.6) is 5.88 Å². The monoisotopic (exact) mass is 421 g/mol. The number of nitrogens with one attached hydrogen (secondary N) is 1. The molecule has 0 aliphatic heterocycles. The number of benzene rings is 1. The van der Waals surface area contributed by atoms with E-state index in [-0.39, 0.29) is 17.8 Å². The molecule has 5 nitrogen and oxygen atoms in total. The number of halogens is 1. The van der Waals surface area contributed by atoms with Gasteiger partial charge in [0, 0.05) is 29.9 Å². The van der Waals surface area contributed by atoms with E-state index in [4.69, 9.17) is 4.74 Å². The Morgan fingerprint density at radius 2 is 1.97 bits per heavy atom. The van der Waals surface area contributed by atoms with E-state index < -0.39 is 0 Å². The van der Waals surface area contributed by atoms with Gasteiger partial charge in [0.2, 0.25) is 5.88 Å². The Morgan fingerprint density at radius 1 is 1.16 bits per heavy atom. The van der Waals surface area contributed by atoms with E-state index in [9.17, 15) is 9.18 Å². The maximum absolute atomic E-state index is 13.8. The number of amides is 1. The summed E-state index contributed by atoms with van der Waals surface area (Å²) in [6.45, 7) is 2.11. The van der Waals surface area contributed by atoms with Crippen LogP contribution in [0.4, 0.5) is 4.39 Å². The molecule has 1 fully saturated rings. The molecule has 31 heavy (non-hydrogen) atoms. The van der Waals surface area contributed by atoms with Crippen molar-refractivity contribution in [3.63, 3.8) is 0 Å². The van der Waals surface area contributed by atoms with Gasteiger partial charge in [-0.1, -0.05) is 6.92 Å². The smallest absolute Gasteiger partial charge is 0.253 e. The lowest BCUT2D eigenvalue weighted by Gasteiger charge is -2.34. The van der Waals surface area contributed by atoms with Crippen LogP contribution in [-0.2, 0) is 0 Å². The standard InChI is InChI=1S/C25H28FN3O2/c1-3-22(29-25(30)18-8-11-24(31-2)28-15-18)17-6-4-16(5-7-17)20-12-13-27-23-10-9-19(26)14-21(20)23/h8-17,22H,3-7H2,1-2H3,(H,29,30)/t16-,17+,22-/m0/s1. The molecule has 1 atom stereocenters. The number of aromatic nitrogens is 2. The van der Waals surface area contributed by atoms with E-state index in [1.165, 1.54) is 11.6 Å². The molecule has 162 valence electrons. The molecule has 1 N–H and O–H groups in total. The summed E-state index contributed by atoms with van der Waals surface area (Å²) in [4.78, 5) is 21.2. The fourth-order valence-corrected chi connectivity index (χ4v) is 4.77. The number of rotatable bonds is 6. The SMILES string of the molecule is CC[C@H](NC(=O)c1ccc(OC)nc1)[C@H]1CC[C@@H](c2ccnc3ccc(F)cc32)CC1. The number of carbonyl (C=O) groups is 1. The van der Waals surface area contributed by atoms with Crippen LogP contribution < -0.4 is 10.1 Å². The number of carbonyl (C=O) groups excluding carboxylic acids is 1. The molecular formula is C25H28FN3O2. The molecule has 1 aromatic carbocycles. The molecule has 0 bridgehead atoms. The highest BCUT2D eigenvalue weighted by Crippen LogP contribution is 2.39. The van der Waals surface area contributed by atoms with E-state index in [1.807, 2.05) is 12.3 Å². The lowest BCUT2D eigenvalue weighted by molar-refractivity contribution is 0.0909. The molecule has 1 saturated carbocycles. The molecule has 6 heteroatoms. The van der Waals surface area contributed by atoms with Gasteiger partial charge in [-0.2, -0.15) is 0 Å². The number of ether oxygens (including phenoxy) is 1. The molecule has 0 spiro atoms. The summed E-state index contributed by atoms with van der Waals surface area (Å²) in [6.07, 6.45) is 8.36. The Labute approximate surface area is 182 Å². The molecule has 0 radical (unpaired) electrons. The average molecular weight is 422 g/mol. The van der Waals surface area contributed by atoms with Crippen molar-refractivity contribution in [1.29, 1.82) is 0 Å². The van der Waals surface area contributed by atoms with Gasteiger partial charge in [-0.3, -0.25) is 9.78 Å². The van der Waals surface area contributed by atoms with Gasteiger partial charge in [-0.25, -0.2) is 9.37 Å². The van der Waals surface area contributed by atoms with E-state index in [0.717, 1.165) is 43.0 Å². The molecule has 1 amide bonds. The zero-order valence-electron chi connectivity index (χ0n) is 18.0. The minimum atomic E-state index is -0.225. The summed E-state index contributed by atoms with van der Waals surface area (Å²) < 4.78 is 18.9. The van der Waals surface area contributed by atoms with Crippen LogP contribution in [0.3, 0.4) is 0 Å². The highest BCUT2D eigenvalue weighted by Gasteiger charge is 2.29. The third kappa shape index (κ3) is 4.68. The fourth-order valence-electron chi connectivity index (χ4n) is 4.77. The van der Waals surface area contributed by atoms with Gasteiger partial charge in [0.25, 0.3) is 5.91 Å². The normalized spacial score (nSPS) is 19.7. The minimum absolute atomic E-state index is 0.0975. The molecule has 2 aromatic heterocycles. The topological polar surface area (TPSA) is 64.1 Å². The first-order chi connectivity index (χ1) is 15.1. The van der Waals surface area contributed by atoms with Gasteiger partial charge in [-0.05, 0) is 79.8 Å². The van der Waals surface area contributed by atoms with Crippen LogP contribution in [0.1, 0.15) is 60.9 Å². The van der Waals surface area contributed by atoms with Crippen LogP contribution in [0.2, 0.25) is 0 Å². The summed E-state index contributed by atoms with van der Waals surface area (Å²) in [5.74, 6) is 0.992. The van der Waals surface area contributed by atoms with Crippen molar-refractivity contribution in [2.24, 2.45) is 5.92 Å². The van der Waals surface area contributed by atoms with Gasteiger partial charge in [-0.15, -0.1) is 0 Å². The number of nitrogens with zero attached hydrogens (tertiary/aromatic N) is 2. The summed E-state index contributed by atoms with van der Waals surface area (Å²) in [6, 6.07) is 10.4. The summed E-state index contributed by atoms with van der Waals surface area (Å²) in [5, 5.41) is 4.12. The second-order valence-electron chi connectivity index (χ2n) is 8.25. The van der Waals surface area contributed by atoms with Gasteiger partial charge < -0.3 is 10.1 Å². The summed E-state index contributed by atoms with van der Waals surface area (Å²) in [5.41, 5.74) is 2.57. The molecule has 3 aromatic rings. The molecule has 1 aliphatic rings. The lowest BCUT2D eigenvalue weighted by atomic mass is 9.75. The summed E-state index contributed by atoms with van der Waals surface area (Å²) in [7, 11) is 1.55. The Kier molecular flexibility index (Phi) is 6.44. The molecule has 2 heterocycles. The van der Waals surface area contributed by atoms with Crippen LogP contribution in [0.25, 0.3) is 10.9 Å². The van der Waals surface area contributed by atoms with Gasteiger partial charge in [0.1, 0.15) is 5.82 Å². The van der Waals surface area contributed by atoms with Crippen molar-refractivity contribution < 1.29 is 13.9 Å². The molecule has 0 saturated heterocycles. The first-order valence-corrected chi connectivity index (χ1v) is 10.9. The van der Waals surface area contributed by atoms with Crippen LogP contribution >= 0.6 is 0 Å². The van der Waals surface area contributed by atoms with E-state index in [0.29, 0.717) is 23.3 Å². The highest BCUT2D eigenvalue weighted by atomic mass is 19.1. The fraction of sp³-hybridized carbons (Fsp3) is 0.400. The van der Waals surface area contributed by atoms with Crippen molar-refractivity contribution in [2.45, 2.75) is 51.0 Å². The minimum Gasteiger partial charge on any atom is -0.481 e. The predicted molar refractivity (Wildman–Crippen MR) is 119 cm³/mol. The first kappa shape index (κ1) is 21.2. The second kappa shape index (κ2) is 9.41. The maximum atomic E-state index is 13.8. The molecular weight excluding hydrogens is 393 g/mol. The molecule has 1 aliphatic carbocycles. The third-order valence-electron chi connectivity index (χ3n) is 6.48. The highest BCUT2D eigenvalue weighted by molar-refractivity contribution is 5.94. The van der Waals surface area contributed by atoms with Crippen molar-refractivity contribution >= 4 is 16.8 Å². The zero-order chi connectivity index (χ0) is 21.8. The maximum Gasteiger partial charge on any atom is 0.253 e. The van der Waals surface area contributed by atoms with Gasteiger partial charge in [0.05, 0.1) is 18.2 Å². The van der Waals surface area contributed by atoms with Gasteiger partial charge in [0.15, 0.2) is 0 Å². The van der Waals surface area contributed by atoms with Crippen molar-refractivity contribution in [1.82, 2.24) is 15.3 Å². The number of hydrogen-bond donors (Lipinski definition) is 1. The Hall–Kier alpha value is -3.02. The van der Waals surface area contributed by atoms with E-state index >= 15 is 0 Å². The lowest BCUT2D eigenvalue weighted by Crippen LogP contribution is -2.41. The molecule has 4 rings (SSSR count). The number of fused-ring (bicyclic) bond motifs is 1. The molecule has 0 unspecified atom stereocenters. The van der Waals surface area contributed by atoms with Crippen molar-refractivity contribution in [3.05, 3.63) is 65.7 Å². The zero-order valence-corrected chi connectivity index (χ0v) is 18.0. The Balaban J connectivity index is 1.41. The average Bonchev–Trinajstić information content (AvgIpc) is 2.82. The quantitative estimate of drug-likeness (QED) is 0.590. The van der Waals surface area contributed by atoms with E-state index in [2.05, 4.69) is 22.2 Å². The predicted octanol–water partition coefficient (Wildman–Crippen LogP) is 5.26. The largest absolute Gasteiger partial charge is 0.481 e. The van der Waals surface area contributed by atoms with Crippen molar-refractivity contribution in [3.8, 4) is 5.88 Å². The van der Waals surface area contributed by atoms with Crippen LogP contribution in [0, 0.1) is 11.7 Å². The number of hydrogen-bond acceptors (Lipinski definition) is 4.